The number of thiocarbonyl (C=S) groups is 1. The standard InChI is InChI=1S/C11H15N3O2S/c1-7-4-8(2)6-9(5-7)12-10(17)13-14-11(15)16-3/h4-6H,1-3H3,(H,14,15)(H2,12,13,17). The van der Waals surface area contributed by atoms with Gasteiger partial charge in [-0.3, -0.25) is 5.43 Å². The SMILES string of the molecule is COC(=O)NNC(=S)Nc1cc(C)cc(C)c1. The van der Waals surface area contributed by atoms with E-state index in [1.807, 2.05) is 26.0 Å². The zero-order valence-corrected chi connectivity index (χ0v) is 10.8. The molecule has 0 fully saturated rings. The molecular formula is C11H15N3O2S. The molecule has 17 heavy (non-hydrogen) atoms. The summed E-state index contributed by atoms with van der Waals surface area (Å²) in [6.07, 6.45) is -0.602. The van der Waals surface area contributed by atoms with E-state index in [0.717, 1.165) is 16.8 Å². The van der Waals surface area contributed by atoms with Crippen LogP contribution in [0.2, 0.25) is 0 Å². The van der Waals surface area contributed by atoms with Crippen molar-refractivity contribution in [1.82, 2.24) is 10.9 Å². The summed E-state index contributed by atoms with van der Waals surface area (Å²) in [6.45, 7) is 4.00. The van der Waals surface area contributed by atoms with Crippen molar-refractivity contribution in [2.75, 3.05) is 12.4 Å². The van der Waals surface area contributed by atoms with Crippen LogP contribution in [0.15, 0.2) is 18.2 Å². The van der Waals surface area contributed by atoms with E-state index in [4.69, 9.17) is 12.2 Å². The fourth-order valence-electron chi connectivity index (χ4n) is 1.37. The molecule has 92 valence electrons. The number of amides is 1. The Balaban J connectivity index is 2.53. The molecule has 0 radical (unpaired) electrons. The molecule has 1 aromatic rings. The van der Waals surface area contributed by atoms with Gasteiger partial charge in [-0.25, -0.2) is 10.2 Å². The molecule has 0 aliphatic rings. The predicted molar refractivity (Wildman–Crippen MR) is 70.8 cm³/mol. The second-order valence-electron chi connectivity index (χ2n) is 3.57. The van der Waals surface area contributed by atoms with E-state index in [1.165, 1.54) is 7.11 Å². The number of aryl methyl sites for hydroxylation is 2. The van der Waals surface area contributed by atoms with Gasteiger partial charge in [-0.2, -0.15) is 0 Å². The smallest absolute Gasteiger partial charge is 0.425 e. The lowest BCUT2D eigenvalue weighted by Crippen LogP contribution is -2.43. The van der Waals surface area contributed by atoms with Gasteiger partial charge < -0.3 is 10.1 Å². The maximum atomic E-state index is 10.8. The lowest BCUT2D eigenvalue weighted by atomic mass is 10.1. The van der Waals surface area contributed by atoms with Gasteiger partial charge in [0.05, 0.1) is 7.11 Å². The Bertz CT molecular complexity index is 414. The van der Waals surface area contributed by atoms with Gasteiger partial charge >= 0.3 is 6.09 Å². The Morgan fingerprint density at radius 3 is 2.29 bits per heavy atom. The molecule has 1 amide bonds. The summed E-state index contributed by atoms with van der Waals surface area (Å²) in [6, 6.07) is 5.98. The Kier molecular flexibility index (Phi) is 4.71. The minimum absolute atomic E-state index is 0.292. The summed E-state index contributed by atoms with van der Waals surface area (Å²) in [5.41, 5.74) is 7.92. The Morgan fingerprint density at radius 2 is 1.76 bits per heavy atom. The molecule has 0 saturated heterocycles. The third-order valence-corrected chi connectivity index (χ3v) is 2.15. The summed E-state index contributed by atoms with van der Waals surface area (Å²) in [5, 5.41) is 3.25. The first-order chi connectivity index (χ1) is 8.01. The molecule has 0 heterocycles. The van der Waals surface area contributed by atoms with Crippen LogP contribution in [-0.4, -0.2) is 18.3 Å². The number of nitrogens with one attached hydrogen (secondary N) is 3. The number of ether oxygens (including phenoxy) is 1. The average molecular weight is 253 g/mol. The van der Waals surface area contributed by atoms with Gasteiger partial charge in [-0.05, 0) is 49.3 Å². The molecule has 0 aliphatic carbocycles. The highest BCUT2D eigenvalue weighted by atomic mass is 32.1. The average Bonchev–Trinajstić information content (AvgIpc) is 2.24. The normalized spacial score (nSPS) is 9.35. The maximum absolute atomic E-state index is 10.8. The van der Waals surface area contributed by atoms with Crippen molar-refractivity contribution in [2.24, 2.45) is 0 Å². The van der Waals surface area contributed by atoms with E-state index >= 15 is 0 Å². The van der Waals surface area contributed by atoms with Gasteiger partial charge in [0.1, 0.15) is 0 Å². The quantitative estimate of drug-likeness (QED) is 0.527. The van der Waals surface area contributed by atoms with Crippen LogP contribution in [0.25, 0.3) is 0 Å². The van der Waals surface area contributed by atoms with Crippen molar-refractivity contribution in [3.63, 3.8) is 0 Å². The summed E-state index contributed by atoms with van der Waals surface area (Å²) in [7, 11) is 1.28. The molecule has 6 heteroatoms. The van der Waals surface area contributed by atoms with Gasteiger partial charge in [0, 0.05) is 5.69 Å². The van der Waals surface area contributed by atoms with Crippen molar-refractivity contribution in [1.29, 1.82) is 0 Å². The van der Waals surface area contributed by atoms with Crippen LogP contribution in [-0.2, 0) is 4.74 Å². The van der Waals surface area contributed by atoms with Crippen LogP contribution in [0.3, 0.4) is 0 Å². The molecule has 5 nitrogen and oxygen atoms in total. The summed E-state index contributed by atoms with van der Waals surface area (Å²) in [5.74, 6) is 0. The van der Waals surface area contributed by atoms with E-state index in [9.17, 15) is 4.79 Å². The van der Waals surface area contributed by atoms with E-state index in [1.54, 1.807) is 0 Å². The lowest BCUT2D eigenvalue weighted by molar-refractivity contribution is 0.169. The first kappa shape index (κ1) is 13.2. The maximum Gasteiger partial charge on any atom is 0.425 e. The van der Waals surface area contributed by atoms with Crippen molar-refractivity contribution in [3.05, 3.63) is 29.3 Å². The molecule has 0 unspecified atom stereocenters. The fraction of sp³-hybridized carbons (Fsp3) is 0.273. The first-order valence-electron chi connectivity index (χ1n) is 5.00. The number of hydrogen-bond acceptors (Lipinski definition) is 3. The summed E-state index contributed by atoms with van der Waals surface area (Å²) >= 11 is 5.00. The highest BCUT2D eigenvalue weighted by Crippen LogP contribution is 2.13. The number of anilines is 1. The molecule has 1 aromatic carbocycles. The van der Waals surface area contributed by atoms with E-state index in [-0.39, 0.29) is 0 Å². The van der Waals surface area contributed by atoms with Crippen molar-refractivity contribution < 1.29 is 9.53 Å². The number of benzene rings is 1. The monoisotopic (exact) mass is 253 g/mol. The number of hydrazine groups is 1. The van der Waals surface area contributed by atoms with Gasteiger partial charge in [-0.15, -0.1) is 0 Å². The predicted octanol–water partition coefficient (Wildman–Crippen LogP) is 1.86. The molecule has 0 spiro atoms. The molecule has 0 bridgehead atoms. The van der Waals surface area contributed by atoms with Gasteiger partial charge in [-0.1, -0.05) is 6.07 Å². The van der Waals surface area contributed by atoms with Crippen LogP contribution in [0.1, 0.15) is 11.1 Å². The zero-order valence-electron chi connectivity index (χ0n) is 9.96. The highest BCUT2D eigenvalue weighted by molar-refractivity contribution is 7.80. The zero-order chi connectivity index (χ0) is 12.8. The fourth-order valence-corrected chi connectivity index (χ4v) is 1.54. The Hall–Kier alpha value is -1.82. The van der Waals surface area contributed by atoms with Crippen molar-refractivity contribution in [2.45, 2.75) is 13.8 Å². The van der Waals surface area contributed by atoms with E-state index in [0.29, 0.717) is 5.11 Å². The minimum atomic E-state index is -0.602. The third kappa shape index (κ3) is 4.69. The number of hydrogen-bond donors (Lipinski definition) is 3. The largest absolute Gasteiger partial charge is 0.452 e. The van der Waals surface area contributed by atoms with Crippen LogP contribution >= 0.6 is 12.2 Å². The van der Waals surface area contributed by atoms with Crippen LogP contribution in [0.4, 0.5) is 10.5 Å². The number of carbonyl (C=O) groups excluding carboxylic acids is 1. The molecule has 3 N–H and O–H groups in total. The van der Waals surface area contributed by atoms with E-state index in [2.05, 4.69) is 27.0 Å². The molecule has 0 atom stereocenters. The van der Waals surface area contributed by atoms with Crippen LogP contribution in [0.5, 0.6) is 0 Å². The third-order valence-electron chi connectivity index (χ3n) is 1.94. The lowest BCUT2D eigenvalue weighted by Gasteiger charge is -2.11. The molecule has 1 rings (SSSR count). The first-order valence-corrected chi connectivity index (χ1v) is 5.41. The second-order valence-corrected chi connectivity index (χ2v) is 3.98. The van der Waals surface area contributed by atoms with E-state index < -0.39 is 6.09 Å². The van der Waals surface area contributed by atoms with Crippen molar-refractivity contribution in [3.8, 4) is 0 Å². The minimum Gasteiger partial charge on any atom is -0.452 e. The molecular weight excluding hydrogens is 238 g/mol. The van der Waals surface area contributed by atoms with Crippen LogP contribution < -0.4 is 16.2 Å². The van der Waals surface area contributed by atoms with Gasteiger partial charge in [0.15, 0.2) is 5.11 Å². The Morgan fingerprint density at radius 1 is 1.18 bits per heavy atom. The second kappa shape index (κ2) is 6.05. The van der Waals surface area contributed by atoms with Gasteiger partial charge in [0.2, 0.25) is 0 Å². The number of rotatable bonds is 1. The topological polar surface area (TPSA) is 62.4 Å². The summed E-state index contributed by atoms with van der Waals surface area (Å²) in [4.78, 5) is 10.8. The van der Waals surface area contributed by atoms with Crippen molar-refractivity contribution >= 4 is 29.1 Å². The summed E-state index contributed by atoms with van der Waals surface area (Å²) < 4.78 is 4.39. The molecule has 0 aromatic heterocycles. The number of methoxy groups -OCH3 is 1. The Labute approximate surface area is 106 Å². The molecule has 0 aliphatic heterocycles. The number of carbonyl (C=O) groups is 1. The van der Waals surface area contributed by atoms with Crippen LogP contribution in [0, 0.1) is 13.8 Å². The highest BCUT2D eigenvalue weighted by Gasteiger charge is 2.01. The van der Waals surface area contributed by atoms with Gasteiger partial charge in [0.25, 0.3) is 0 Å². The molecule has 0 saturated carbocycles.